The number of ether oxygens (including phenoxy) is 1. The molecule has 130 valence electrons. The summed E-state index contributed by atoms with van der Waals surface area (Å²) in [5, 5.41) is 9.15. The summed E-state index contributed by atoms with van der Waals surface area (Å²) in [6, 6.07) is 9.46. The highest BCUT2D eigenvalue weighted by Crippen LogP contribution is 2.33. The van der Waals surface area contributed by atoms with Crippen LogP contribution in [0.3, 0.4) is 0 Å². The second-order valence-electron chi connectivity index (χ2n) is 5.52. The van der Waals surface area contributed by atoms with Gasteiger partial charge in [0.15, 0.2) is 0 Å². The van der Waals surface area contributed by atoms with Gasteiger partial charge in [-0.25, -0.2) is 0 Å². The SMILES string of the molecule is CC=Cc1cc(-c2[nH]c(=O)c(C#N)cc2SCCCC)ccc1OC. The minimum absolute atomic E-state index is 0.143. The van der Waals surface area contributed by atoms with E-state index in [-0.39, 0.29) is 11.1 Å². The third-order valence-corrected chi connectivity index (χ3v) is 4.87. The number of rotatable bonds is 7. The molecule has 0 fully saturated rings. The number of aromatic nitrogens is 1. The summed E-state index contributed by atoms with van der Waals surface area (Å²) in [7, 11) is 1.64. The number of pyridine rings is 1. The van der Waals surface area contributed by atoms with Gasteiger partial charge in [0.1, 0.15) is 17.4 Å². The fourth-order valence-electron chi connectivity index (χ4n) is 2.45. The van der Waals surface area contributed by atoms with E-state index in [1.54, 1.807) is 24.9 Å². The molecule has 0 unspecified atom stereocenters. The van der Waals surface area contributed by atoms with Gasteiger partial charge in [-0.2, -0.15) is 5.26 Å². The molecule has 1 N–H and O–H groups in total. The molecule has 2 aromatic rings. The lowest BCUT2D eigenvalue weighted by Crippen LogP contribution is -2.12. The van der Waals surface area contributed by atoms with E-state index >= 15 is 0 Å². The number of nitrogens with zero attached hydrogens (tertiary/aromatic N) is 1. The van der Waals surface area contributed by atoms with Gasteiger partial charge in [0, 0.05) is 16.0 Å². The van der Waals surface area contributed by atoms with Crippen LogP contribution >= 0.6 is 11.8 Å². The molecule has 1 heterocycles. The van der Waals surface area contributed by atoms with E-state index in [1.807, 2.05) is 43.3 Å². The third-order valence-electron chi connectivity index (χ3n) is 3.75. The monoisotopic (exact) mass is 354 g/mol. The lowest BCUT2D eigenvalue weighted by Gasteiger charge is -2.12. The van der Waals surface area contributed by atoms with E-state index in [1.165, 1.54) is 0 Å². The molecule has 0 bridgehead atoms. The third kappa shape index (κ3) is 4.55. The molecule has 0 saturated heterocycles. The summed E-state index contributed by atoms with van der Waals surface area (Å²) >= 11 is 1.66. The van der Waals surface area contributed by atoms with Gasteiger partial charge in [0.2, 0.25) is 0 Å². The van der Waals surface area contributed by atoms with E-state index in [4.69, 9.17) is 10.00 Å². The molecule has 0 spiro atoms. The van der Waals surface area contributed by atoms with Crippen molar-refractivity contribution in [2.24, 2.45) is 0 Å². The Morgan fingerprint density at radius 1 is 1.36 bits per heavy atom. The zero-order valence-electron chi connectivity index (χ0n) is 14.8. The van der Waals surface area contributed by atoms with Crippen molar-refractivity contribution in [3.05, 3.63) is 51.8 Å². The maximum Gasteiger partial charge on any atom is 0.266 e. The number of unbranched alkanes of at least 4 members (excludes halogenated alkanes) is 1. The van der Waals surface area contributed by atoms with Gasteiger partial charge in [0.05, 0.1) is 12.8 Å². The highest BCUT2D eigenvalue weighted by Gasteiger charge is 2.12. The number of nitriles is 1. The maximum absolute atomic E-state index is 12.1. The Balaban J connectivity index is 2.56. The highest BCUT2D eigenvalue weighted by atomic mass is 32.2. The van der Waals surface area contributed by atoms with Crippen LogP contribution in [0.5, 0.6) is 5.75 Å². The topological polar surface area (TPSA) is 65.9 Å². The number of hydrogen-bond acceptors (Lipinski definition) is 4. The Morgan fingerprint density at radius 2 is 2.16 bits per heavy atom. The number of hydrogen-bond donors (Lipinski definition) is 1. The molecular formula is C20H22N2O2S. The minimum atomic E-state index is -0.360. The Hall–Kier alpha value is -2.45. The van der Waals surface area contributed by atoms with Crippen molar-refractivity contribution in [2.75, 3.05) is 12.9 Å². The fourth-order valence-corrected chi connectivity index (χ4v) is 3.62. The van der Waals surface area contributed by atoms with Crippen molar-refractivity contribution >= 4 is 17.8 Å². The van der Waals surface area contributed by atoms with Crippen LogP contribution in [0.4, 0.5) is 0 Å². The molecule has 0 amide bonds. The van der Waals surface area contributed by atoms with Crippen molar-refractivity contribution in [2.45, 2.75) is 31.6 Å². The van der Waals surface area contributed by atoms with Crippen LogP contribution in [-0.4, -0.2) is 17.8 Å². The van der Waals surface area contributed by atoms with Gasteiger partial charge in [-0.1, -0.05) is 25.5 Å². The Kier molecular flexibility index (Phi) is 6.91. The van der Waals surface area contributed by atoms with Crippen molar-refractivity contribution in [1.29, 1.82) is 5.26 Å². The Labute approximate surface area is 152 Å². The molecule has 0 saturated carbocycles. The zero-order valence-corrected chi connectivity index (χ0v) is 15.6. The first-order valence-electron chi connectivity index (χ1n) is 8.25. The molecule has 0 aliphatic rings. The first kappa shape index (κ1) is 18.9. The number of thioether (sulfide) groups is 1. The molecule has 1 aromatic heterocycles. The Bertz CT molecular complexity index is 863. The van der Waals surface area contributed by atoms with Crippen molar-refractivity contribution < 1.29 is 4.74 Å². The lowest BCUT2D eigenvalue weighted by atomic mass is 10.1. The predicted octanol–water partition coefficient (Wildman–Crippen LogP) is 4.85. The van der Waals surface area contributed by atoms with Gasteiger partial charge < -0.3 is 9.72 Å². The number of methoxy groups -OCH3 is 1. The largest absolute Gasteiger partial charge is 0.496 e. The summed E-state index contributed by atoms with van der Waals surface area (Å²) in [5.41, 5.74) is 2.37. The molecule has 0 aliphatic carbocycles. The molecule has 0 aliphatic heterocycles. The smallest absolute Gasteiger partial charge is 0.266 e. The molecule has 5 heteroatoms. The number of allylic oxidation sites excluding steroid dienone is 1. The first-order chi connectivity index (χ1) is 12.1. The minimum Gasteiger partial charge on any atom is -0.496 e. The average Bonchev–Trinajstić information content (AvgIpc) is 2.63. The molecule has 0 atom stereocenters. The quantitative estimate of drug-likeness (QED) is 0.570. The molecule has 0 radical (unpaired) electrons. The highest BCUT2D eigenvalue weighted by molar-refractivity contribution is 7.99. The van der Waals surface area contributed by atoms with Gasteiger partial charge >= 0.3 is 0 Å². The predicted molar refractivity (Wildman–Crippen MR) is 104 cm³/mol. The van der Waals surface area contributed by atoms with Crippen LogP contribution in [0.1, 0.15) is 37.8 Å². The summed E-state index contributed by atoms with van der Waals surface area (Å²) in [4.78, 5) is 15.9. The molecule has 2 rings (SSSR count). The zero-order chi connectivity index (χ0) is 18.2. The summed E-state index contributed by atoms with van der Waals surface area (Å²) in [6.07, 6.45) is 6.09. The Morgan fingerprint density at radius 3 is 2.80 bits per heavy atom. The molecular weight excluding hydrogens is 332 g/mol. The summed E-state index contributed by atoms with van der Waals surface area (Å²) in [5.74, 6) is 1.72. The average molecular weight is 354 g/mol. The molecule has 1 aromatic carbocycles. The van der Waals surface area contributed by atoms with Crippen molar-refractivity contribution in [3.8, 4) is 23.1 Å². The number of benzene rings is 1. The molecule has 25 heavy (non-hydrogen) atoms. The number of aromatic amines is 1. The molecule has 4 nitrogen and oxygen atoms in total. The van der Waals surface area contributed by atoms with Crippen LogP contribution in [0.2, 0.25) is 0 Å². The van der Waals surface area contributed by atoms with Crippen LogP contribution in [0, 0.1) is 11.3 Å². The number of H-pyrrole nitrogens is 1. The summed E-state index contributed by atoms with van der Waals surface area (Å²) < 4.78 is 5.39. The van der Waals surface area contributed by atoms with Crippen LogP contribution in [-0.2, 0) is 0 Å². The van der Waals surface area contributed by atoms with E-state index in [0.29, 0.717) is 0 Å². The van der Waals surface area contributed by atoms with Crippen LogP contribution in [0.15, 0.2) is 40.0 Å². The first-order valence-corrected chi connectivity index (χ1v) is 9.24. The van der Waals surface area contributed by atoms with Gasteiger partial charge in [-0.15, -0.1) is 11.8 Å². The lowest BCUT2D eigenvalue weighted by molar-refractivity contribution is 0.414. The standard InChI is InChI=1S/C20H22N2O2S/c1-4-6-10-25-18-12-16(13-21)20(23)22-19(18)15-8-9-17(24-3)14(11-15)7-5-2/h5,7-9,11-12H,4,6,10H2,1-3H3,(H,22,23). The van der Waals surface area contributed by atoms with Gasteiger partial charge in [-0.05, 0) is 43.4 Å². The van der Waals surface area contributed by atoms with Gasteiger partial charge in [0.25, 0.3) is 5.56 Å². The van der Waals surface area contributed by atoms with Crippen molar-refractivity contribution in [3.63, 3.8) is 0 Å². The summed E-state index contributed by atoms with van der Waals surface area (Å²) in [6.45, 7) is 4.09. The van der Waals surface area contributed by atoms with Crippen LogP contribution in [0.25, 0.3) is 17.3 Å². The van der Waals surface area contributed by atoms with Crippen LogP contribution < -0.4 is 10.3 Å². The van der Waals surface area contributed by atoms with Crippen molar-refractivity contribution in [1.82, 2.24) is 4.98 Å². The van der Waals surface area contributed by atoms with E-state index in [9.17, 15) is 4.79 Å². The maximum atomic E-state index is 12.1. The van der Waals surface area contributed by atoms with E-state index < -0.39 is 0 Å². The van der Waals surface area contributed by atoms with Gasteiger partial charge in [-0.3, -0.25) is 4.79 Å². The second-order valence-corrected chi connectivity index (χ2v) is 6.66. The van der Waals surface area contributed by atoms with E-state index in [2.05, 4.69) is 11.9 Å². The normalized spacial score (nSPS) is 10.8. The van der Waals surface area contributed by atoms with E-state index in [0.717, 1.165) is 46.1 Å². The second kappa shape index (κ2) is 9.14. The fraction of sp³-hybridized carbons (Fsp3) is 0.300. The number of nitrogens with one attached hydrogen (secondary N) is 1.